The van der Waals surface area contributed by atoms with E-state index in [4.69, 9.17) is 0 Å². The van der Waals surface area contributed by atoms with Crippen molar-refractivity contribution in [2.45, 2.75) is 6.92 Å². The van der Waals surface area contributed by atoms with Gasteiger partial charge in [0.25, 0.3) is 0 Å². The Bertz CT molecular complexity index is 361. The quantitative estimate of drug-likeness (QED) is 0.727. The van der Waals surface area contributed by atoms with Gasteiger partial charge in [-0.05, 0) is 19.1 Å². The van der Waals surface area contributed by atoms with E-state index in [-0.39, 0.29) is 0 Å². The Balaban J connectivity index is 3.06. The van der Waals surface area contributed by atoms with Crippen molar-refractivity contribution < 1.29 is 8.42 Å². The van der Waals surface area contributed by atoms with Crippen molar-refractivity contribution in [1.82, 2.24) is 4.98 Å². The third kappa shape index (κ3) is 2.42. The van der Waals surface area contributed by atoms with Crippen LogP contribution >= 0.6 is 0 Å². The standard InChI is InChI=1S/C8H12N2O2S/c1-3-10(13(2,11)12)8-4-6-9-7-5-8/h4-7H,3H2,1-2H3. The first-order valence-electron chi connectivity index (χ1n) is 3.93. The molecule has 0 amide bonds. The molecule has 13 heavy (non-hydrogen) atoms. The molecule has 4 nitrogen and oxygen atoms in total. The van der Waals surface area contributed by atoms with Gasteiger partial charge in [-0.2, -0.15) is 0 Å². The summed E-state index contributed by atoms with van der Waals surface area (Å²) in [7, 11) is -3.16. The van der Waals surface area contributed by atoms with E-state index < -0.39 is 10.0 Å². The van der Waals surface area contributed by atoms with E-state index in [1.54, 1.807) is 31.5 Å². The van der Waals surface area contributed by atoms with E-state index in [2.05, 4.69) is 4.98 Å². The third-order valence-corrected chi connectivity index (χ3v) is 2.91. The summed E-state index contributed by atoms with van der Waals surface area (Å²) >= 11 is 0. The molecule has 72 valence electrons. The van der Waals surface area contributed by atoms with Gasteiger partial charge in [-0.25, -0.2) is 8.42 Å². The van der Waals surface area contributed by atoms with E-state index in [0.717, 1.165) is 0 Å². The molecule has 0 unspecified atom stereocenters. The summed E-state index contributed by atoms with van der Waals surface area (Å²) in [5.41, 5.74) is 0.653. The van der Waals surface area contributed by atoms with Crippen molar-refractivity contribution in [3.63, 3.8) is 0 Å². The van der Waals surface area contributed by atoms with Gasteiger partial charge in [-0.3, -0.25) is 9.29 Å². The molecule has 0 aliphatic carbocycles. The molecule has 0 spiro atoms. The van der Waals surface area contributed by atoms with Crippen molar-refractivity contribution in [2.24, 2.45) is 0 Å². The molecule has 0 saturated carbocycles. The highest BCUT2D eigenvalue weighted by Gasteiger charge is 2.13. The Hall–Kier alpha value is -1.10. The number of sulfonamides is 1. The second-order valence-electron chi connectivity index (χ2n) is 2.63. The summed E-state index contributed by atoms with van der Waals surface area (Å²) in [6.07, 6.45) is 4.34. The van der Waals surface area contributed by atoms with Gasteiger partial charge in [0.05, 0.1) is 11.9 Å². The van der Waals surface area contributed by atoms with Crippen LogP contribution in [-0.4, -0.2) is 26.2 Å². The summed E-state index contributed by atoms with van der Waals surface area (Å²) < 4.78 is 23.9. The molecule has 0 aliphatic heterocycles. The highest BCUT2D eigenvalue weighted by molar-refractivity contribution is 7.92. The molecule has 0 atom stereocenters. The summed E-state index contributed by atoms with van der Waals surface area (Å²) in [5.74, 6) is 0. The van der Waals surface area contributed by atoms with Crippen LogP contribution < -0.4 is 4.31 Å². The smallest absolute Gasteiger partial charge is 0.232 e. The largest absolute Gasteiger partial charge is 0.271 e. The topological polar surface area (TPSA) is 50.3 Å². The monoisotopic (exact) mass is 200 g/mol. The summed E-state index contributed by atoms with van der Waals surface area (Å²) in [6, 6.07) is 3.34. The van der Waals surface area contributed by atoms with Crippen molar-refractivity contribution in [3.05, 3.63) is 24.5 Å². The minimum Gasteiger partial charge on any atom is -0.271 e. The number of hydrogen-bond acceptors (Lipinski definition) is 3. The Morgan fingerprint density at radius 1 is 1.38 bits per heavy atom. The zero-order valence-electron chi connectivity index (χ0n) is 7.64. The average molecular weight is 200 g/mol. The Labute approximate surface area is 78.3 Å². The van der Waals surface area contributed by atoms with Gasteiger partial charge >= 0.3 is 0 Å². The lowest BCUT2D eigenvalue weighted by molar-refractivity contribution is 0.598. The average Bonchev–Trinajstić information content (AvgIpc) is 2.05. The van der Waals surface area contributed by atoms with E-state index in [9.17, 15) is 8.42 Å². The lowest BCUT2D eigenvalue weighted by Crippen LogP contribution is -2.29. The molecule has 0 bridgehead atoms. The first-order chi connectivity index (χ1) is 6.05. The molecule has 0 saturated heterocycles. The van der Waals surface area contributed by atoms with Crippen molar-refractivity contribution in [3.8, 4) is 0 Å². The van der Waals surface area contributed by atoms with Gasteiger partial charge in [-0.1, -0.05) is 0 Å². The molecule has 1 aromatic heterocycles. The van der Waals surface area contributed by atoms with Crippen LogP contribution in [0, 0.1) is 0 Å². The van der Waals surface area contributed by atoms with Crippen LogP contribution in [0.2, 0.25) is 0 Å². The van der Waals surface area contributed by atoms with E-state index in [0.29, 0.717) is 12.2 Å². The molecule has 1 rings (SSSR count). The molecule has 0 radical (unpaired) electrons. The molecule has 5 heteroatoms. The number of hydrogen-bond donors (Lipinski definition) is 0. The fourth-order valence-electron chi connectivity index (χ4n) is 1.12. The van der Waals surface area contributed by atoms with Crippen LogP contribution in [0.15, 0.2) is 24.5 Å². The van der Waals surface area contributed by atoms with Crippen molar-refractivity contribution >= 4 is 15.7 Å². The maximum absolute atomic E-state index is 11.3. The Morgan fingerprint density at radius 3 is 2.31 bits per heavy atom. The number of aromatic nitrogens is 1. The van der Waals surface area contributed by atoms with Gasteiger partial charge in [0, 0.05) is 18.9 Å². The molecule has 1 aromatic rings. The van der Waals surface area contributed by atoms with Crippen LogP contribution in [0.4, 0.5) is 5.69 Å². The normalized spacial score (nSPS) is 11.2. The predicted molar refractivity (Wildman–Crippen MR) is 52.1 cm³/mol. The van der Waals surface area contributed by atoms with Gasteiger partial charge in [0.2, 0.25) is 10.0 Å². The Morgan fingerprint density at radius 2 is 1.92 bits per heavy atom. The fourth-order valence-corrected chi connectivity index (χ4v) is 2.09. The minimum atomic E-state index is -3.16. The molecule has 0 aromatic carbocycles. The van der Waals surface area contributed by atoms with Gasteiger partial charge in [0.15, 0.2) is 0 Å². The number of pyridine rings is 1. The van der Waals surface area contributed by atoms with Crippen LogP contribution in [0.1, 0.15) is 6.92 Å². The van der Waals surface area contributed by atoms with Crippen LogP contribution in [0.5, 0.6) is 0 Å². The predicted octanol–water partition coefficient (Wildman–Crippen LogP) is 0.867. The van der Waals surface area contributed by atoms with Crippen LogP contribution in [-0.2, 0) is 10.0 Å². The van der Waals surface area contributed by atoms with Crippen molar-refractivity contribution in [2.75, 3.05) is 17.1 Å². The Kier molecular flexibility index (Phi) is 2.87. The van der Waals surface area contributed by atoms with E-state index in [1.807, 2.05) is 0 Å². The van der Waals surface area contributed by atoms with Gasteiger partial charge in [-0.15, -0.1) is 0 Å². The SMILES string of the molecule is CCN(c1ccncc1)S(C)(=O)=O. The molecule has 0 fully saturated rings. The number of rotatable bonds is 3. The van der Waals surface area contributed by atoms with Crippen molar-refractivity contribution in [1.29, 1.82) is 0 Å². The summed E-state index contributed by atoms with van der Waals surface area (Å²) in [4.78, 5) is 3.82. The highest BCUT2D eigenvalue weighted by atomic mass is 32.2. The molecular formula is C8H12N2O2S. The lowest BCUT2D eigenvalue weighted by Gasteiger charge is -2.19. The molecule has 0 aliphatic rings. The van der Waals surface area contributed by atoms with E-state index in [1.165, 1.54) is 10.6 Å². The summed E-state index contributed by atoms with van der Waals surface area (Å²) in [5, 5.41) is 0. The second-order valence-corrected chi connectivity index (χ2v) is 4.54. The maximum Gasteiger partial charge on any atom is 0.232 e. The van der Waals surface area contributed by atoms with E-state index >= 15 is 0 Å². The fraction of sp³-hybridized carbons (Fsp3) is 0.375. The first kappa shape index (κ1) is 9.98. The minimum absolute atomic E-state index is 0.433. The van der Waals surface area contributed by atoms with Gasteiger partial charge < -0.3 is 0 Å². The zero-order valence-corrected chi connectivity index (χ0v) is 8.45. The molecule has 0 N–H and O–H groups in total. The highest BCUT2D eigenvalue weighted by Crippen LogP contribution is 2.14. The molecular weight excluding hydrogens is 188 g/mol. The number of anilines is 1. The third-order valence-electron chi connectivity index (χ3n) is 1.64. The lowest BCUT2D eigenvalue weighted by atomic mass is 10.4. The number of nitrogens with zero attached hydrogens (tertiary/aromatic N) is 2. The van der Waals surface area contributed by atoms with Crippen LogP contribution in [0.25, 0.3) is 0 Å². The van der Waals surface area contributed by atoms with Gasteiger partial charge in [0.1, 0.15) is 0 Å². The van der Waals surface area contributed by atoms with Crippen LogP contribution in [0.3, 0.4) is 0 Å². The summed E-state index contributed by atoms with van der Waals surface area (Å²) in [6.45, 7) is 2.23. The zero-order chi connectivity index (χ0) is 9.90. The maximum atomic E-state index is 11.3. The first-order valence-corrected chi connectivity index (χ1v) is 5.78. The second kappa shape index (κ2) is 3.74. The molecule has 1 heterocycles.